The molecule has 0 unspecified atom stereocenters. The number of nitriles is 1. The molecule has 0 atom stereocenters. The number of hydrogen-bond donors (Lipinski definition) is 1. The van der Waals surface area contributed by atoms with Gasteiger partial charge in [-0.3, -0.25) is 4.79 Å². The molecule has 1 aromatic heterocycles. The molecular formula is C22H19ClN4O3S. The van der Waals surface area contributed by atoms with Crippen molar-refractivity contribution >= 4 is 40.9 Å². The van der Waals surface area contributed by atoms with Crippen LogP contribution in [0.2, 0.25) is 5.15 Å². The summed E-state index contributed by atoms with van der Waals surface area (Å²) in [5.74, 6) is -0.958. The van der Waals surface area contributed by atoms with E-state index in [1.807, 2.05) is 42.5 Å². The number of anilines is 1. The molecule has 0 saturated heterocycles. The minimum absolute atomic E-state index is 0.135. The Bertz CT molecular complexity index is 1130. The first-order chi connectivity index (χ1) is 15.0. The van der Waals surface area contributed by atoms with Crippen molar-refractivity contribution < 1.29 is 14.3 Å². The molecule has 1 amide bonds. The molecule has 7 nitrogen and oxygen atoms in total. The van der Waals surface area contributed by atoms with E-state index < -0.39 is 18.5 Å². The van der Waals surface area contributed by atoms with E-state index in [4.69, 9.17) is 21.6 Å². The monoisotopic (exact) mass is 454 g/mol. The predicted molar refractivity (Wildman–Crippen MR) is 119 cm³/mol. The third-order valence-corrected chi connectivity index (χ3v) is 5.56. The summed E-state index contributed by atoms with van der Waals surface area (Å²) in [6, 6.07) is 18.7. The summed E-state index contributed by atoms with van der Waals surface area (Å²) in [6.45, 7) is 1.59. The number of esters is 1. The summed E-state index contributed by atoms with van der Waals surface area (Å²) in [5.41, 5.74) is 2.09. The van der Waals surface area contributed by atoms with Crippen LogP contribution in [0.25, 0.3) is 0 Å². The van der Waals surface area contributed by atoms with Crippen molar-refractivity contribution in [1.82, 2.24) is 9.78 Å². The molecule has 0 aliphatic rings. The minimum atomic E-state index is -0.718. The molecule has 3 rings (SSSR count). The third kappa shape index (κ3) is 5.87. The molecular weight excluding hydrogens is 436 g/mol. The summed E-state index contributed by atoms with van der Waals surface area (Å²) in [6.07, 6.45) is 0. The van der Waals surface area contributed by atoms with Gasteiger partial charge in [0.2, 0.25) is 0 Å². The Morgan fingerprint density at radius 3 is 2.65 bits per heavy atom. The second-order valence-electron chi connectivity index (χ2n) is 6.46. The van der Waals surface area contributed by atoms with Crippen LogP contribution in [0, 0.1) is 18.3 Å². The molecule has 0 aliphatic heterocycles. The highest BCUT2D eigenvalue weighted by molar-refractivity contribution is 7.99. The third-order valence-electron chi connectivity index (χ3n) is 4.23. The van der Waals surface area contributed by atoms with Crippen molar-refractivity contribution in [3.63, 3.8) is 0 Å². The van der Waals surface area contributed by atoms with E-state index in [-0.39, 0.29) is 16.5 Å². The van der Waals surface area contributed by atoms with Crippen LogP contribution >= 0.6 is 23.4 Å². The maximum Gasteiger partial charge on any atom is 0.343 e. The van der Waals surface area contributed by atoms with Gasteiger partial charge in [-0.2, -0.15) is 10.4 Å². The Labute approximate surface area is 189 Å². The Hall–Kier alpha value is -3.28. The number of carbonyl (C=O) groups is 2. The highest BCUT2D eigenvalue weighted by Gasteiger charge is 2.22. The minimum Gasteiger partial charge on any atom is -0.452 e. The Morgan fingerprint density at radius 2 is 1.90 bits per heavy atom. The number of para-hydroxylation sites is 1. The van der Waals surface area contributed by atoms with Crippen LogP contribution in [-0.4, -0.2) is 34.0 Å². The van der Waals surface area contributed by atoms with E-state index in [1.165, 1.54) is 16.4 Å². The molecule has 0 fully saturated rings. The van der Waals surface area contributed by atoms with Gasteiger partial charge in [0.05, 0.1) is 29.7 Å². The Balaban J connectivity index is 1.62. The first-order valence-electron chi connectivity index (χ1n) is 9.32. The van der Waals surface area contributed by atoms with Crippen LogP contribution in [0.15, 0.2) is 59.5 Å². The normalized spacial score (nSPS) is 10.4. The van der Waals surface area contributed by atoms with Crippen LogP contribution in [0.3, 0.4) is 0 Å². The van der Waals surface area contributed by atoms with Crippen LogP contribution in [0.5, 0.6) is 0 Å². The largest absolute Gasteiger partial charge is 0.452 e. The molecule has 1 heterocycles. The van der Waals surface area contributed by atoms with Gasteiger partial charge in [-0.05, 0) is 24.6 Å². The number of amides is 1. The lowest BCUT2D eigenvalue weighted by atomic mass is 10.2. The van der Waals surface area contributed by atoms with Crippen molar-refractivity contribution in [1.29, 1.82) is 5.26 Å². The molecule has 9 heteroatoms. The van der Waals surface area contributed by atoms with E-state index in [0.29, 0.717) is 17.9 Å². The SMILES string of the molecule is Cc1nn(Cc2ccccc2)c(Cl)c1C(=O)OCC(=O)Nc1ccccc1SCC#N. The molecule has 0 saturated carbocycles. The van der Waals surface area contributed by atoms with Gasteiger partial charge >= 0.3 is 5.97 Å². The predicted octanol–water partition coefficient (Wildman–Crippen LogP) is 4.30. The van der Waals surface area contributed by atoms with Gasteiger partial charge in [-0.15, -0.1) is 11.8 Å². The van der Waals surface area contributed by atoms with Crippen molar-refractivity contribution in [3.05, 3.63) is 76.6 Å². The van der Waals surface area contributed by atoms with Gasteiger partial charge in [0.1, 0.15) is 10.7 Å². The van der Waals surface area contributed by atoms with E-state index in [0.717, 1.165) is 10.5 Å². The van der Waals surface area contributed by atoms with E-state index in [2.05, 4.69) is 10.4 Å². The Kier molecular flexibility index (Phi) is 7.70. The maximum atomic E-state index is 12.5. The number of nitrogens with zero attached hydrogens (tertiary/aromatic N) is 3. The van der Waals surface area contributed by atoms with Crippen LogP contribution in [0.1, 0.15) is 21.6 Å². The number of benzene rings is 2. The average molecular weight is 455 g/mol. The first kappa shape index (κ1) is 22.4. The van der Waals surface area contributed by atoms with Crippen molar-refractivity contribution in [2.75, 3.05) is 17.7 Å². The van der Waals surface area contributed by atoms with Crippen LogP contribution < -0.4 is 5.32 Å². The first-order valence-corrected chi connectivity index (χ1v) is 10.7. The zero-order valence-electron chi connectivity index (χ0n) is 16.7. The molecule has 158 valence electrons. The van der Waals surface area contributed by atoms with Gasteiger partial charge in [0.15, 0.2) is 6.61 Å². The van der Waals surface area contributed by atoms with Crippen LogP contribution in [-0.2, 0) is 16.1 Å². The zero-order valence-corrected chi connectivity index (χ0v) is 18.2. The molecule has 0 bridgehead atoms. The summed E-state index contributed by atoms with van der Waals surface area (Å²) in [7, 11) is 0. The van der Waals surface area contributed by atoms with Gasteiger partial charge in [-0.1, -0.05) is 54.1 Å². The molecule has 0 radical (unpaired) electrons. The summed E-state index contributed by atoms with van der Waals surface area (Å²) in [5, 5.41) is 15.9. The standard InChI is InChI=1S/C22H19ClN4O3S/c1-15-20(21(23)27(26-15)13-16-7-3-2-4-8-16)22(29)30-14-19(28)25-17-9-5-6-10-18(17)31-12-11-24/h2-10H,12-14H2,1H3,(H,25,28). The quantitative estimate of drug-likeness (QED) is 0.402. The molecule has 2 aromatic carbocycles. The average Bonchev–Trinajstić information content (AvgIpc) is 3.05. The summed E-state index contributed by atoms with van der Waals surface area (Å²) >= 11 is 7.66. The lowest BCUT2D eigenvalue weighted by molar-refractivity contribution is -0.119. The lowest BCUT2D eigenvalue weighted by Crippen LogP contribution is -2.21. The topological polar surface area (TPSA) is 97.0 Å². The Morgan fingerprint density at radius 1 is 1.19 bits per heavy atom. The fourth-order valence-corrected chi connectivity index (χ4v) is 3.82. The number of halogens is 1. The number of ether oxygens (including phenoxy) is 1. The number of rotatable bonds is 8. The van der Waals surface area contributed by atoms with Gasteiger partial charge in [0.25, 0.3) is 5.91 Å². The second kappa shape index (κ2) is 10.7. The number of nitrogens with one attached hydrogen (secondary N) is 1. The summed E-state index contributed by atoms with van der Waals surface area (Å²) < 4.78 is 6.68. The number of thioether (sulfide) groups is 1. The van der Waals surface area contributed by atoms with Gasteiger partial charge in [0, 0.05) is 4.90 Å². The van der Waals surface area contributed by atoms with E-state index in [1.54, 1.807) is 25.1 Å². The van der Waals surface area contributed by atoms with Crippen molar-refractivity contribution in [3.8, 4) is 6.07 Å². The van der Waals surface area contributed by atoms with Crippen molar-refractivity contribution in [2.45, 2.75) is 18.4 Å². The molecule has 31 heavy (non-hydrogen) atoms. The molecule has 0 spiro atoms. The number of aromatic nitrogens is 2. The zero-order chi connectivity index (χ0) is 22.2. The molecule has 1 N–H and O–H groups in total. The van der Waals surface area contributed by atoms with E-state index >= 15 is 0 Å². The van der Waals surface area contributed by atoms with Gasteiger partial charge < -0.3 is 10.1 Å². The fraction of sp³-hybridized carbons (Fsp3) is 0.182. The van der Waals surface area contributed by atoms with Crippen molar-refractivity contribution in [2.24, 2.45) is 0 Å². The smallest absolute Gasteiger partial charge is 0.343 e. The highest BCUT2D eigenvalue weighted by atomic mass is 35.5. The number of carbonyl (C=O) groups excluding carboxylic acids is 2. The second-order valence-corrected chi connectivity index (χ2v) is 7.84. The lowest BCUT2D eigenvalue weighted by Gasteiger charge is -2.10. The molecule has 0 aliphatic carbocycles. The molecule has 3 aromatic rings. The number of aryl methyl sites for hydroxylation is 1. The van der Waals surface area contributed by atoms with Gasteiger partial charge in [-0.25, -0.2) is 9.48 Å². The summed E-state index contributed by atoms with van der Waals surface area (Å²) in [4.78, 5) is 25.6. The fourth-order valence-electron chi connectivity index (χ4n) is 2.84. The maximum absolute atomic E-state index is 12.5. The highest BCUT2D eigenvalue weighted by Crippen LogP contribution is 2.26. The van der Waals surface area contributed by atoms with Crippen LogP contribution in [0.4, 0.5) is 5.69 Å². The number of hydrogen-bond acceptors (Lipinski definition) is 6. The van der Waals surface area contributed by atoms with E-state index in [9.17, 15) is 9.59 Å².